The fourth-order valence-electron chi connectivity index (χ4n) is 2.75. The highest BCUT2D eigenvalue weighted by atomic mass is 16.5. The van der Waals surface area contributed by atoms with E-state index in [4.69, 9.17) is 4.74 Å². The number of carbonyl (C=O) groups is 1. The summed E-state index contributed by atoms with van der Waals surface area (Å²) in [5.41, 5.74) is 3.48. The highest BCUT2D eigenvalue weighted by Gasteiger charge is 2.20. The molecule has 0 heterocycles. The average molecular weight is 339 g/mol. The summed E-state index contributed by atoms with van der Waals surface area (Å²) in [6.07, 6.45) is 2.05. The minimum atomic E-state index is -0.459. The van der Waals surface area contributed by atoms with Crippen LogP contribution in [0.3, 0.4) is 0 Å². The van der Waals surface area contributed by atoms with E-state index in [2.05, 4.69) is 23.5 Å². The van der Waals surface area contributed by atoms with Crippen molar-refractivity contribution in [2.75, 3.05) is 0 Å². The molecule has 2 aromatic carbocycles. The first-order valence-corrected chi connectivity index (χ1v) is 9.07. The molecule has 1 amide bonds. The maximum absolute atomic E-state index is 12.6. The van der Waals surface area contributed by atoms with Gasteiger partial charge in [0.15, 0.2) is 6.10 Å². The van der Waals surface area contributed by atoms with Crippen LogP contribution in [0.25, 0.3) is 0 Å². The van der Waals surface area contributed by atoms with Gasteiger partial charge in [-0.05, 0) is 62.8 Å². The van der Waals surface area contributed by atoms with Crippen LogP contribution in [-0.2, 0) is 11.2 Å². The van der Waals surface area contributed by atoms with Crippen LogP contribution in [0.1, 0.15) is 43.4 Å². The second-order valence-corrected chi connectivity index (χ2v) is 6.72. The lowest BCUT2D eigenvalue weighted by Crippen LogP contribution is -2.42. The smallest absolute Gasteiger partial charge is 0.261 e. The molecule has 25 heavy (non-hydrogen) atoms. The number of carbonyl (C=O) groups excluding carboxylic acids is 1. The average Bonchev–Trinajstić information content (AvgIpc) is 2.61. The van der Waals surface area contributed by atoms with Crippen LogP contribution in [-0.4, -0.2) is 18.1 Å². The van der Waals surface area contributed by atoms with E-state index in [0.29, 0.717) is 6.42 Å². The topological polar surface area (TPSA) is 38.3 Å². The Labute approximate surface area is 151 Å². The molecule has 3 heteroatoms. The zero-order chi connectivity index (χ0) is 18.2. The number of benzene rings is 2. The lowest BCUT2D eigenvalue weighted by molar-refractivity contribution is -0.128. The van der Waals surface area contributed by atoms with Crippen molar-refractivity contribution in [2.24, 2.45) is 0 Å². The van der Waals surface area contributed by atoms with Gasteiger partial charge in [-0.2, -0.15) is 0 Å². The highest BCUT2D eigenvalue weighted by Crippen LogP contribution is 2.21. The normalized spacial score (nSPS) is 13.1. The molecule has 0 aliphatic rings. The molecule has 0 radical (unpaired) electrons. The molecule has 0 fully saturated rings. The van der Waals surface area contributed by atoms with Crippen LogP contribution in [0.2, 0.25) is 0 Å². The van der Waals surface area contributed by atoms with Gasteiger partial charge in [-0.3, -0.25) is 4.79 Å². The minimum Gasteiger partial charge on any atom is -0.480 e. The van der Waals surface area contributed by atoms with Crippen LogP contribution < -0.4 is 10.1 Å². The van der Waals surface area contributed by atoms with E-state index >= 15 is 0 Å². The van der Waals surface area contributed by atoms with Crippen molar-refractivity contribution >= 4 is 5.91 Å². The summed E-state index contributed by atoms with van der Waals surface area (Å²) in [7, 11) is 0. The van der Waals surface area contributed by atoms with Crippen molar-refractivity contribution in [3.63, 3.8) is 0 Å². The Bertz CT molecular complexity index is 682. The Balaban J connectivity index is 1.89. The standard InChI is InChI=1S/C22H29NO2/c1-5-20(25-21-15-16(2)11-12-17(21)3)22(24)23-18(4)13-14-19-9-7-6-8-10-19/h6-12,15,18,20H,5,13-14H2,1-4H3,(H,23,24)/t18-,20+/m0/s1. The molecule has 0 bridgehead atoms. The third-order valence-electron chi connectivity index (χ3n) is 4.37. The molecule has 2 rings (SSSR count). The van der Waals surface area contributed by atoms with E-state index in [1.165, 1.54) is 5.56 Å². The summed E-state index contributed by atoms with van der Waals surface area (Å²) in [4.78, 5) is 12.6. The third kappa shape index (κ3) is 5.93. The highest BCUT2D eigenvalue weighted by molar-refractivity contribution is 5.81. The SMILES string of the molecule is CC[C@@H](Oc1cc(C)ccc1C)C(=O)N[C@@H](C)CCc1ccccc1. The lowest BCUT2D eigenvalue weighted by atomic mass is 10.1. The summed E-state index contributed by atoms with van der Waals surface area (Å²) in [5.74, 6) is 0.753. The van der Waals surface area contributed by atoms with Crippen molar-refractivity contribution in [3.8, 4) is 5.75 Å². The molecule has 0 aliphatic heterocycles. The second-order valence-electron chi connectivity index (χ2n) is 6.72. The monoisotopic (exact) mass is 339 g/mol. The number of amides is 1. The predicted molar refractivity (Wildman–Crippen MR) is 103 cm³/mol. The number of hydrogen-bond acceptors (Lipinski definition) is 2. The van der Waals surface area contributed by atoms with Crippen molar-refractivity contribution in [2.45, 2.75) is 59.1 Å². The zero-order valence-electron chi connectivity index (χ0n) is 15.7. The predicted octanol–water partition coefficient (Wildman–Crippen LogP) is 4.60. The van der Waals surface area contributed by atoms with Gasteiger partial charge in [-0.1, -0.05) is 49.4 Å². The van der Waals surface area contributed by atoms with E-state index in [0.717, 1.165) is 29.7 Å². The molecular formula is C22H29NO2. The summed E-state index contributed by atoms with van der Waals surface area (Å²) >= 11 is 0. The van der Waals surface area contributed by atoms with Gasteiger partial charge in [-0.15, -0.1) is 0 Å². The summed E-state index contributed by atoms with van der Waals surface area (Å²) in [6.45, 7) is 8.05. The van der Waals surface area contributed by atoms with Gasteiger partial charge in [0.05, 0.1) is 0 Å². The van der Waals surface area contributed by atoms with Crippen LogP contribution in [0.15, 0.2) is 48.5 Å². The van der Waals surface area contributed by atoms with E-state index in [1.54, 1.807) is 0 Å². The van der Waals surface area contributed by atoms with Crippen molar-refractivity contribution in [1.29, 1.82) is 0 Å². The minimum absolute atomic E-state index is 0.0380. The van der Waals surface area contributed by atoms with Crippen molar-refractivity contribution < 1.29 is 9.53 Å². The van der Waals surface area contributed by atoms with Crippen LogP contribution in [0, 0.1) is 13.8 Å². The van der Waals surface area contributed by atoms with E-state index < -0.39 is 6.10 Å². The first-order valence-electron chi connectivity index (χ1n) is 9.07. The van der Waals surface area contributed by atoms with Crippen LogP contribution in [0.5, 0.6) is 5.75 Å². The molecule has 0 spiro atoms. The first-order chi connectivity index (χ1) is 12.0. The fraction of sp³-hybridized carbons (Fsp3) is 0.409. The largest absolute Gasteiger partial charge is 0.480 e. The Morgan fingerprint density at radius 2 is 1.84 bits per heavy atom. The molecule has 2 atom stereocenters. The van der Waals surface area contributed by atoms with Crippen LogP contribution >= 0.6 is 0 Å². The molecule has 0 saturated carbocycles. The van der Waals surface area contributed by atoms with Gasteiger partial charge in [0, 0.05) is 6.04 Å². The molecule has 3 nitrogen and oxygen atoms in total. The number of ether oxygens (including phenoxy) is 1. The molecular weight excluding hydrogens is 310 g/mol. The lowest BCUT2D eigenvalue weighted by Gasteiger charge is -2.21. The molecule has 134 valence electrons. The number of hydrogen-bond donors (Lipinski definition) is 1. The zero-order valence-corrected chi connectivity index (χ0v) is 15.7. The number of nitrogens with one attached hydrogen (secondary N) is 1. The summed E-state index contributed by atoms with van der Waals surface area (Å²) in [6, 6.07) is 16.5. The summed E-state index contributed by atoms with van der Waals surface area (Å²) < 4.78 is 5.99. The van der Waals surface area contributed by atoms with Gasteiger partial charge in [-0.25, -0.2) is 0 Å². The van der Waals surface area contributed by atoms with Crippen LogP contribution in [0.4, 0.5) is 0 Å². The van der Waals surface area contributed by atoms with E-state index in [-0.39, 0.29) is 11.9 Å². The van der Waals surface area contributed by atoms with Gasteiger partial charge in [0.25, 0.3) is 5.91 Å². The first kappa shape index (κ1) is 19.0. The molecule has 0 saturated heterocycles. The molecule has 0 aromatic heterocycles. The van der Waals surface area contributed by atoms with Gasteiger partial charge in [0.1, 0.15) is 5.75 Å². The van der Waals surface area contributed by atoms with Crippen molar-refractivity contribution in [3.05, 3.63) is 65.2 Å². The van der Waals surface area contributed by atoms with Gasteiger partial charge < -0.3 is 10.1 Å². The number of aryl methyl sites for hydroxylation is 3. The molecule has 1 N–H and O–H groups in total. The Morgan fingerprint density at radius 3 is 2.52 bits per heavy atom. The quantitative estimate of drug-likeness (QED) is 0.763. The molecule has 0 aliphatic carbocycles. The fourth-order valence-corrected chi connectivity index (χ4v) is 2.75. The maximum Gasteiger partial charge on any atom is 0.261 e. The maximum atomic E-state index is 12.6. The van der Waals surface area contributed by atoms with E-state index in [1.807, 2.05) is 58.0 Å². The summed E-state index contributed by atoms with van der Waals surface area (Å²) in [5, 5.41) is 3.09. The molecule has 0 unspecified atom stereocenters. The Morgan fingerprint density at radius 1 is 1.12 bits per heavy atom. The van der Waals surface area contributed by atoms with Gasteiger partial charge >= 0.3 is 0 Å². The van der Waals surface area contributed by atoms with Crippen molar-refractivity contribution in [1.82, 2.24) is 5.32 Å². The van der Waals surface area contributed by atoms with Gasteiger partial charge in [0.2, 0.25) is 0 Å². The second kappa shape index (κ2) is 9.26. The van der Waals surface area contributed by atoms with E-state index in [9.17, 15) is 4.79 Å². The number of rotatable bonds is 8. The Kier molecular flexibility index (Phi) is 7.05. The third-order valence-corrected chi connectivity index (χ3v) is 4.37. The Hall–Kier alpha value is -2.29. The molecule has 2 aromatic rings.